The zero-order chi connectivity index (χ0) is 24.6. The highest BCUT2D eigenvalue weighted by atomic mass is 35.5. The fourth-order valence-electron chi connectivity index (χ4n) is 2.66. The highest BCUT2D eigenvalue weighted by Crippen LogP contribution is 2.32. The van der Waals surface area contributed by atoms with Crippen LogP contribution in [0.15, 0.2) is 41.4 Å². The summed E-state index contributed by atoms with van der Waals surface area (Å²) in [7, 11) is -4.38. The summed E-state index contributed by atoms with van der Waals surface area (Å²) in [6, 6.07) is 4.42. The molecule has 1 amide bonds. The Morgan fingerprint density at radius 2 is 1.88 bits per heavy atom. The number of rotatable bonds is 6. The van der Waals surface area contributed by atoms with Crippen LogP contribution in [0.4, 0.5) is 13.2 Å². The Labute approximate surface area is 195 Å². The summed E-state index contributed by atoms with van der Waals surface area (Å²) < 4.78 is 68.5. The van der Waals surface area contributed by atoms with E-state index in [9.17, 15) is 26.4 Å². The van der Waals surface area contributed by atoms with Gasteiger partial charge < -0.3 is 10.1 Å². The summed E-state index contributed by atoms with van der Waals surface area (Å²) in [5.41, 5.74) is -5.96. The van der Waals surface area contributed by atoms with Gasteiger partial charge in [0.25, 0.3) is 15.7 Å². The molecule has 0 aliphatic carbocycles. The van der Waals surface area contributed by atoms with Gasteiger partial charge >= 0.3 is 11.5 Å². The molecule has 15 heteroatoms. The van der Waals surface area contributed by atoms with Crippen LogP contribution in [0.2, 0.25) is 10.0 Å². The van der Waals surface area contributed by atoms with Crippen molar-refractivity contribution in [2.24, 2.45) is 0 Å². The molecule has 0 saturated carbocycles. The number of carbonyl (C=O) groups excluding carboxylic acids is 1. The van der Waals surface area contributed by atoms with Crippen molar-refractivity contribution < 1.29 is 31.1 Å². The lowest BCUT2D eigenvalue weighted by molar-refractivity contribution is -0.0436. The molecule has 9 nitrogen and oxygen atoms in total. The molecule has 3 aromatic rings. The lowest BCUT2D eigenvalue weighted by atomic mass is 10.2. The standard InChI is InChI=1S/C18H14Cl2F3N5O4S/c1-9(15-26-17(32-2)27-28(15)14-4-3-11(19)8-24-14)25-16(29)10-5-12(20)7-13(6-10)33(30,31)18(21,22)23/h3-9H,1-2H3,(H,25,29)/t9-/m0/s1. The number of nitrogens with zero attached hydrogens (tertiary/aromatic N) is 4. The molecule has 2 heterocycles. The summed E-state index contributed by atoms with van der Waals surface area (Å²) in [5, 5.41) is 6.64. The molecule has 0 spiro atoms. The first-order valence-electron chi connectivity index (χ1n) is 8.89. The Kier molecular flexibility index (Phi) is 6.86. The van der Waals surface area contributed by atoms with Crippen molar-refractivity contribution in [3.8, 4) is 11.8 Å². The van der Waals surface area contributed by atoms with Crippen molar-refractivity contribution in [3.63, 3.8) is 0 Å². The van der Waals surface area contributed by atoms with Gasteiger partial charge in [-0.25, -0.2) is 13.4 Å². The van der Waals surface area contributed by atoms with E-state index in [4.69, 9.17) is 27.9 Å². The second kappa shape index (κ2) is 9.15. The molecular weight excluding hydrogens is 510 g/mol. The van der Waals surface area contributed by atoms with Gasteiger partial charge in [0, 0.05) is 16.8 Å². The van der Waals surface area contributed by atoms with Crippen molar-refractivity contribution in [1.29, 1.82) is 0 Å². The SMILES string of the molecule is COc1nc([C@H](C)NC(=O)c2cc(Cl)cc(S(=O)(=O)C(F)(F)F)c2)n(-c2ccc(Cl)cn2)n1. The van der Waals surface area contributed by atoms with Gasteiger partial charge in [-0.1, -0.05) is 23.2 Å². The average Bonchev–Trinajstić information content (AvgIpc) is 3.17. The number of benzene rings is 1. The topological polar surface area (TPSA) is 116 Å². The van der Waals surface area contributed by atoms with E-state index in [1.54, 1.807) is 12.1 Å². The predicted molar refractivity (Wildman–Crippen MR) is 111 cm³/mol. The van der Waals surface area contributed by atoms with Crippen LogP contribution in [0.5, 0.6) is 6.01 Å². The van der Waals surface area contributed by atoms with Gasteiger partial charge in [0.1, 0.15) is 0 Å². The molecule has 0 bridgehead atoms. The van der Waals surface area contributed by atoms with Crippen LogP contribution in [-0.2, 0) is 9.84 Å². The number of carbonyl (C=O) groups is 1. The van der Waals surface area contributed by atoms with Crippen LogP contribution >= 0.6 is 23.2 Å². The zero-order valence-corrected chi connectivity index (χ0v) is 19.1. The monoisotopic (exact) mass is 523 g/mol. The second-order valence-corrected chi connectivity index (χ2v) is 9.34. The van der Waals surface area contributed by atoms with Crippen LogP contribution in [0.1, 0.15) is 29.1 Å². The minimum absolute atomic E-state index is 0.0378. The van der Waals surface area contributed by atoms with Crippen molar-refractivity contribution in [1.82, 2.24) is 25.1 Å². The Bertz CT molecular complexity index is 1300. The molecule has 3 rings (SSSR count). The van der Waals surface area contributed by atoms with Gasteiger partial charge in [0.05, 0.1) is 23.1 Å². The van der Waals surface area contributed by atoms with E-state index in [2.05, 4.69) is 20.4 Å². The van der Waals surface area contributed by atoms with Crippen molar-refractivity contribution in [2.45, 2.75) is 23.4 Å². The van der Waals surface area contributed by atoms with E-state index in [-0.39, 0.29) is 16.9 Å². The van der Waals surface area contributed by atoms with Crippen LogP contribution in [0.3, 0.4) is 0 Å². The fourth-order valence-corrected chi connectivity index (χ4v) is 3.90. The number of alkyl halides is 3. The molecular formula is C18H14Cl2F3N5O4S. The van der Waals surface area contributed by atoms with Gasteiger partial charge in [0.15, 0.2) is 11.6 Å². The normalized spacial score (nSPS) is 12.9. The molecule has 176 valence electrons. The lowest BCUT2D eigenvalue weighted by Gasteiger charge is -2.15. The smallest absolute Gasteiger partial charge is 0.466 e. The molecule has 0 fully saturated rings. The first-order chi connectivity index (χ1) is 15.3. The summed E-state index contributed by atoms with van der Waals surface area (Å²) >= 11 is 11.6. The first-order valence-corrected chi connectivity index (χ1v) is 11.1. The van der Waals surface area contributed by atoms with E-state index >= 15 is 0 Å². The van der Waals surface area contributed by atoms with E-state index in [1.165, 1.54) is 24.9 Å². The molecule has 0 saturated heterocycles. The molecule has 0 unspecified atom stereocenters. The Morgan fingerprint density at radius 1 is 1.18 bits per heavy atom. The van der Waals surface area contributed by atoms with Crippen molar-refractivity contribution >= 4 is 38.9 Å². The van der Waals surface area contributed by atoms with E-state index in [1.807, 2.05) is 0 Å². The number of methoxy groups -OCH3 is 1. The van der Waals surface area contributed by atoms with Gasteiger partial charge in [-0.3, -0.25) is 4.79 Å². The number of hydrogen-bond acceptors (Lipinski definition) is 7. The van der Waals surface area contributed by atoms with Crippen LogP contribution in [0.25, 0.3) is 5.82 Å². The van der Waals surface area contributed by atoms with Gasteiger partial charge in [0.2, 0.25) is 0 Å². The fraction of sp³-hybridized carbons (Fsp3) is 0.222. The molecule has 0 radical (unpaired) electrons. The Hall–Kier alpha value is -2.90. The summed E-state index contributed by atoms with van der Waals surface area (Å²) in [5.74, 6) is -0.436. The highest BCUT2D eigenvalue weighted by molar-refractivity contribution is 7.92. The summed E-state index contributed by atoms with van der Waals surface area (Å²) in [4.78, 5) is 19.8. The molecule has 1 atom stereocenters. The highest BCUT2D eigenvalue weighted by Gasteiger charge is 2.47. The predicted octanol–water partition coefficient (Wildman–Crippen LogP) is 3.76. The number of hydrogen-bond donors (Lipinski definition) is 1. The average molecular weight is 524 g/mol. The minimum Gasteiger partial charge on any atom is -0.466 e. The molecule has 0 aliphatic rings. The minimum atomic E-state index is -5.71. The quantitative estimate of drug-likeness (QED) is 0.522. The Balaban J connectivity index is 1.93. The van der Waals surface area contributed by atoms with Gasteiger partial charge in [-0.2, -0.15) is 22.8 Å². The van der Waals surface area contributed by atoms with Gasteiger partial charge in [-0.05, 0) is 37.3 Å². The number of halogens is 5. The first kappa shape index (κ1) is 24.7. The number of pyridine rings is 1. The molecule has 33 heavy (non-hydrogen) atoms. The number of nitrogens with one attached hydrogen (secondary N) is 1. The molecule has 1 N–H and O–H groups in total. The van der Waals surface area contributed by atoms with E-state index < -0.39 is 37.8 Å². The third kappa shape index (κ3) is 5.20. The van der Waals surface area contributed by atoms with Gasteiger partial charge in [-0.15, -0.1) is 5.10 Å². The zero-order valence-electron chi connectivity index (χ0n) is 16.8. The van der Waals surface area contributed by atoms with E-state index in [0.717, 1.165) is 6.07 Å². The lowest BCUT2D eigenvalue weighted by Crippen LogP contribution is -2.29. The van der Waals surface area contributed by atoms with Crippen molar-refractivity contribution in [2.75, 3.05) is 7.11 Å². The molecule has 2 aromatic heterocycles. The third-order valence-corrected chi connectivity index (χ3v) is 6.12. The maximum absolute atomic E-state index is 12.9. The van der Waals surface area contributed by atoms with E-state index in [0.29, 0.717) is 23.0 Å². The third-order valence-electron chi connectivity index (χ3n) is 4.21. The maximum atomic E-state index is 12.9. The van der Waals surface area contributed by atoms with Crippen molar-refractivity contribution in [3.05, 3.63) is 58.0 Å². The largest absolute Gasteiger partial charge is 0.501 e. The Morgan fingerprint density at radius 3 is 2.45 bits per heavy atom. The molecule has 1 aromatic carbocycles. The number of aromatic nitrogens is 4. The number of amides is 1. The van der Waals surface area contributed by atoms with Crippen LogP contribution < -0.4 is 10.1 Å². The van der Waals surface area contributed by atoms with Crippen LogP contribution in [0, 0.1) is 0 Å². The number of sulfone groups is 1. The summed E-state index contributed by atoms with van der Waals surface area (Å²) in [6.45, 7) is 1.52. The molecule has 0 aliphatic heterocycles. The summed E-state index contributed by atoms with van der Waals surface area (Å²) in [6.07, 6.45) is 1.37. The number of ether oxygens (including phenoxy) is 1. The second-order valence-electron chi connectivity index (χ2n) is 6.52. The maximum Gasteiger partial charge on any atom is 0.501 e. The van der Waals surface area contributed by atoms with Crippen LogP contribution in [-0.4, -0.2) is 46.7 Å².